The molecule has 0 aliphatic carbocycles. The molecule has 29 heavy (non-hydrogen) atoms. The maximum absolute atomic E-state index is 14.3. The van der Waals surface area contributed by atoms with E-state index in [-0.39, 0.29) is 5.82 Å². The lowest BCUT2D eigenvalue weighted by Crippen LogP contribution is -2.25. The molecule has 4 rings (SSSR count). The first-order chi connectivity index (χ1) is 14.2. The summed E-state index contributed by atoms with van der Waals surface area (Å²) in [6.45, 7) is 0. The maximum Gasteiger partial charge on any atom is 0.123 e. The Morgan fingerprint density at radius 1 is 0.655 bits per heavy atom. The number of halogens is 1. The fourth-order valence-electron chi connectivity index (χ4n) is 3.36. The Morgan fingerprint density at radius 3 is 1.72 bits per heavy atom. The van der Waals surface area contributed by atoms with Crippen LogP contribution < -0.4 is 15.9 Å². The van der Waals surface area contributed by atoms with E-state index in [0.29, 0.717) is 5.56 Å². The van der Waals surface area contributed by atoms with Gasteiger partial charge in [0.15, 0.2) is 0 Å². The van der Waals surface area contributed by atoms with Crippen LogP contribution >= 0.6 is 7.05 Å². The van der Waals surface area contributed by atoms with E-state index in [4.69, 9.17) is 10.0 Å². The van der Waals surface area contributed by atoms with Crippen LogP contribution in [0, 0.1) is 17.1 Å². The molecular weight excluding hydrogens is 378 g/mol. The van der Waals surface area contributed by atoms with Crippen molar-refractivity contribution in [2.45, 2.75) is 0 Å². The average molecular weight is 396 g/mol. The molecule has 4 aromatic rings. The summed E-state index contributed by atoms with van der Waals surface area (Å²) in [5, 5.41) is 12.0. The third kappa shape index (κ3) is 3.76. The second kappa shape index (κ2) is 8.27. The van der Waals surface area contributed by atoms with Gasteiger partial charge in [-0.25, -0.2) is 4.39 Å². The molecule has 0 fully saturated rings. The molecule has 0 atom stereocenters. The Hall–Kier alpha value is -3.47. The smallest absolute Gasteiger partial charge is 0.123 e. The highest BCUT2D eigenvalue weighted by molar-refractivity contribution is 7.87. The molecule has 0 spiro atoms. The number of nitrogens with zero attached hydrogens (tertiary/aromatic N) is 2. The van der Waals surface area contributed by atoms with E-state index >= 15 is 0 Å². The van der Waals surface area contributed by atoms with Gasteiger partial charge >= 0.3 is 0 Å². The summed E-state index contributed by atoms with van der Waals surface area (Å²) in [6, 6.07) is 36.2. The quantitative estimate of drug-likeness (QED) is 0.419. The summed E-state index contributed by atoms with van der Waals surface area (Å²) in [4.78, 5) is 0. The number of rotatable bonds is 4. The first kappa shape index (κ1) is 18.9. The van der Waals surface area contributed by atoms with E-state index < -0.39 is 7.05 Å². The van der Waals surface area contributed by atoms with Crippen LogP contribution in [0.15, 0.2) is 114 Å². The molecule has 0 aromatic heterocycles. The van der Waals surface area contributed by atoms with Crippen LogP contribution in [0.2, 0.25) is 0 Å². The number of hydrogen-bond donors (Lipinski definition) is 0. The molecule has 0 radical (unpaired) electrons. The zero-order valence-electron chi connectivity index (χ0n) is 15.6. The van der Waals surface area contributed by atoms with Crippen molar-refractivity contribution in [1.82, 2.24) is 0 Å². The maximum atomic E-state index is 14.3. The van der Waals surface area contributed by atoms with Gasteiger partial charge in [-0.05, 0) is 36.4 Å². The summed E-state index contributed by atoms with van der Waals surface area (Å²) in [7, 11) is -2.52. The van der Waals surface area contributed by atoms with Gasteiger partial charge in [0.05, 0.1) is 24.4 Å². The van der Waals surface area contributed by atoms with Gasteiger partial charge in [-0.3, -0.25) is 4.74 Å². The van der Waals surface area contributed by atoms with Gasteiger partial charge in [-0.2, -0.15) is 5.26 Å². The molecule has 0 bridgehead atoms. The second-order valence-corrected chi connectivity index (χ2v) is 9.57. The average Bonchev–Trinajstić information content (AvgIpc) is 2.79. The predicted octanol–water partition coefficient (Wildman–Crippen LogP) is 5.51. The van der Waals surface area contributed by atoms with E-state index in [0.717, 1.165) is 21.6 Å². The molecule has 0 unspecified atom stereocenters. The van der Waals surface area contributed by atoms with Crippen molar-refractivity contribution in [2.24, 2.45) is 4.74 Å². The molecule has 4 aromatic carbocycles. The van der Waals surface area contributed by atoms with Crippen molar-refractivity contribution in [3.05, 3.63) is 121 Å². The summed E-state index contributed by atoms with van der Waals surface area (Å²) in [5.74, 6) is -0.284. The van der Waals surface area contributed by atoms with Gasteiger partial charge < -0.3 is 0 Å². The highest BCUT2D eigenvalue weighted by Gasteiger charge is 2.27. The third-order valence-corrected chi connectivity index (χ3v) is 8.35. The summed E-state index contributed by atoms with van der Waals surface area (Å²) in [5.41, 5.74) is 1.34. The van der Waals surface area contributed by atoms with Crippen LogP contribution in [0.1, 0.15) is 5.56 Å². The summed E-state index contributed by atoms with van der Waals surface area (Å²) < 4.78 is 19.6. The van der Waals surface area contributed by atoms with Crippen LogP contribution in [-0.2, 0) is 0 Å². The Morgan fingerprint density at radius 2 is 1.21 bits per heavy atom. The van der Waals surface area contributed by atoms with Crippen LogP contribution in [0.25, 0.3) is 0 Å². The SMILES string of the molecule is N#Cc1ccc(N=P(c2ccccc2)(c2ccccc2)c2cccc(F)c2)cc1. The molecule has 0 amide bonds. The van der Waals surface area contributed by atoms with E-state index in [1.54, 1.807) is 24.3 Å². The fourth-order valence-corrected chi connectivity index (χ4v) is 6.90. The molecule has 0 aliphatic heterocycles. The van der Waals surface area contributed by atoms with E-state index in [9.17, 15) is 4.39 Å². The Balaban J connectivity index is 2.11. The highest BCUT2D eigenvalue weighted by Crippen LogP contribution is 2.49. The predicted molar refractivity (Wildman–Crippen MR) is 118 cm³/mol. The van der Waals surface area contributed by atoms with Gasteiger partial charge in [0.2, 0.25) is 0 Å². The zero-order chi connectivity index (χ0) is 20.1. The molecule has 0 N–H and O–H groups in total. The van der Waals surface area contributed by atoms with Crippen LogP contribution in [0.5, 0.6) is 0 Å². The van der Waals surface area contributed by atoms with E-state index in [2.05, 4.69) is 30.3 Å². The zero-order valence-corrected chi connectivity index (χ0v) is 16.5. The van der Waals surface area contributed by atoms with Gasteiger partial charge in [0.1, 0.15) is 5.82 Å². The lowest BCUT2D eigenvalue weighted by atomic mass is 10.2. The van der Waals surface area contributed by atoms with Crippen LogP contribution in [0.4, 0.5) is 10.1 Å². The molecule has 0 heterocycles. The van der Waals surface area contributed by atoms with Crippen molar-refractivity contribution < 1.29 is 4.39 Å². The lowest BCUT2D eigenvalue weighted by molar-refractivity contribution is 0.629. The minimum Gasteiger partial charge on any atom is -0.254 e. The Bertz CT molecular complexity index is 1170. The van der Waals surface area contributed by atoms with Crippen LogP contribution in [0.3, 0.4) is 0 Å². The number of hydrogen-bond acceptors (Lipinski definition) is 2. The number of nitriles is 1. The monoisotopic (exact) mass is 396 g/mol. The normalized spacial score (nSPS) is 10.9. The molecule has 0 saturated carbocycles. The van der Waals surface area contributed by atoms with Gasteiger partial charge in [-0.15, -0.1) is 0 Å². The summed E-state index contributed by atoms with van der Waals surface area (Å²) in [6.07, 6.45) is 0. The minimum atomic E-state index is -2.52. The standard InChI is InChI=1S/C25H18FN2P/c26-21-8-7-13-25(18-21)29(23-9-3-1-4-10-23,24-11-5-2-6-12-24)28-22-16-14-20(19-27)15-17-22/h1-18H. The van der Waals surface area contributed by atoms with Gasteiger partial charge in [-0.1, -0.05) is 72.8 Å². The van der Waals surface area contributed by atoms with Gasteiger partial charge in [0, 0.05) is 15.9 Å². The molecular formula is C25H18FN2P. The minimum absolute atomic E-state index is 0.284. The topological polar surface area (TPSA) is 36.1 Å². The Labute approximate surface area is 170 Å². The second-order valence-electron chi connectivity index (χ2n) is 6.55. The first-order valence-corrected chi connectivity index (χ1v) is 11.0. The number of benzene rings is 4. The molecule has 2 nitrogen and oxygen atoms in total. The van der Waals surface area contributed by atoms with Crippen molar-refractivity contribution in [3.63, 3.8) is 0 Å². The third-order valence-electron chi connectivity index (χ3n) is 4.70. The van der Waals surface area contributed by atoms with Gasteiger partial charge in [0.25, 0.3) is 0 Å². The lowest BCUT2D eigenvalue weighted by Gasteiger charge is -2.27. The van der Waals surface area contributed by atoms with E-state index in [1.807, 2.05) is 54.6 Å². The van der Waals surface area contributed by atoms with Crippen molar-refractivity contribution >= 4 is 28.7 Å². The van der Waals surface area contributed by atoms with Crippen LogP contribution in [-0.4, -0.2) is 0 Å². The van der Waals surface area contributed by atoms with E-state index in [1.165, 1.54) is 6.07 Å². The molecule has 4 heteroatoms. The first-order valence-electron chi connectivity index (χ1n) is 9.22. The molecule has 140 valence electrons. The highest BCUT2D eigenvalue weighted by atomic mass is 31.2. The summed E-state index contributed by atoms with van der Waals surface area (Å²) >= 11 is 0. The Kier molecular flexibility index (Phi) is 5.38. The molecule has 0 aliphatic rings. The largest absolute Gasteiger partial charge is 0.254 e. The van der Waals surface area contributed by atoms with Crippen molar-refractivity contribution in [1.29, 1.82) is 5.26 Å². The van der Waals surface area contributed by atoms with Crippen molar-refractivity contribution in [3.8, 4) is 6.07 Å². The molecule has 0 saturated heterocycles. The fraction of sp³-hybridized carbons (Fsp3) is 0. The van der Waals surface area contributed by atoms with Crippen molar-refractivity contribution in [2.75, 3.05) is 0 Å².